The second-order valence-corrected chi connectivity index (χ2v) is 4.45. The minimum absolute atomic E-state index is 0.196. The van der Waals surface area contributed by atoms with Crippen LogP contribution in [0.1, 0.15) is 39.5 Å². The fraction of sp³-hybridized carbons (Fsp3) is 0.909. The van der Waals surface area contributed by atoms with Crippen molar-refractivity contribution in [3.8, 4) is 0 Å². The van der Waals surface area contributed by atoms with Crippen LogP contribution < -0.4 is 11.1 Å². The van der Waals surface area contributed by atoms with Gasteiger partial charge in [-0.05, 0) is 31.6 Å². The van der Waals surface area contributed by atoms with Crippen molar-refractivity contribution in [2.24, 2.45) is 17.6 Å². The first-order chi connectivity index (χ1) is 6.65. The molecule has 0 heterocycles. The number of amides is 1. The monoisotopic (exact) mass is 198 g/mol. The summed E-state index contributed by atoms with van der Waals surface area (Å²) in [5.41, 5.74) is 5.86. The van der Waals surface area contributed by atoms with Gasteiger partial charge in [0.1, 0.15) is 0 Å². The van der Waals surface area contributed by atoms with Crippen molar-refractivity contribution in [3.05, 3.63) is 0 Å². The number of hydrogen-bond acceptors (Lipinski definition) is 2. The summed E-state index contributed by atoms with van der Waals surface area (Å²) in [5, 5.41) is 2.97. The lowest BCUT2D eigenvalue weighted by Crippen LogP contribution is -2.40. The first-order valence-electron chi connectivity index (χ1n) is 5.68. The molecule has 1 rings (SSSR count). The van der Waals surface area contributed by atoms with Gasteiger partial charge >= 0.3 is 0 Å². The van der Waals surface area contributed by atoms with E-state index in [2.05, 4.69) is 19.2 Å². The van der Waals surface area contributed by atoms with E-state index < -0.39 is 0 Å². The molecule has 1 aliphatic carbocycles. The van der Waals surface area contributed by atoms with Gasteiger partial charge in [-0.25, -0.2) is 0 Å². The molecule has 0 aromatic carbocycles. The minimum atomic E-state index is 0.196. The second kappa shape index (κ2) is 5.35. The highest BCUT2D eigenvalue weighted by atomic mass is 16.1. The number of hydrogen-bond donors (Lipinski definition) is 2. The number of rotatable bonds is 3. The minimum Gasteiger partial charge on any atom is -0.356 e. The highest BCUT2D eigenvalue weighted by Gasteiger charge is 2.30. The molecule has 3 atom stereocenters. The van der Waals surface area contributed by atoms with Gasteiger partial charge in [-0.3, -0.25) is 4.79 Å². The molecule has 1 fully saturated rings. The maximum atomic E-state index is 11.7. The Morgan fingerprint density at radius 1 is 1.50 bits per heavy atom. The third kappa shape index (κ3) is 2.98. The zero-order valence-corrected chi connectivity index (χ0v) is 9.25. The molecule has 0 spiro atoms. The Hall–Kier alpha value is -0.570. The fourth-order valence-electron chi connectivity index (χ4n) is 2.21. The third-order valence-corrected chi connectivity index (χ3v) is 3.10. The molecule has 3 nitrogen and oxygen atoms in total. The molecule has 14 heavy (non-hydrogen) atoms. The van der Waals surface area contributed by atoms with Crippen LogP contribution in [0.15, 0.2) is 0 Å². The molecule has 0 bridgehead atoms. The Bertz CT molecular complexity index is 194. The zero-order valence-electron chi connectivity index (χ0n) is 9.25. The van der Waals surface area contributed by atoms with Crippen molar-refractivity contribution >= 4 is 5.91 Å². The third-order valence-electron chi connectivity index (χ3n) is 3.10. The Balaban J connectivity index is 2.39. The molecular formula is C11H22N2O. The van der Waals surface area contributed by atoms with Crippen LogP contribution in [0.3, 0.4) is 0 Å². The van der Waals surface area contributed by atoms with Crippen LogP contribution in [0.4, 0.5) is 0 Å². The topological polar surface area (TPSA) is 55.1 Å². The maximum Gasteiger partial charge on any atom is 0.223 e. The van der Waals surface area contributed by atoms with E-state index in [0.717, 1.165) is 32.2 Å². The van der Waals surface area contributed by atoms with Crippen LogP contribution in [0, 0.1) is 11.8 Å². The van der Waals surface area contributed by atoms with E-state index >= 15 is 0 Å². The lowest BCUT2D eigenvalue weighted by Gasteiger charge is -2.31. The number of carbonyl (C=O) groups excluding carboxylic acids is 1. The van der Waals surface area contributed by atoms with Gasteiger partial charge in [0, 0.05) is 18.5 Å². The van der Waals surface area contributed by atoms with Gasteiger partial charge in [-0.2, -0.15) is 0 Å². The highest BCUT2D eigenvalue weighted by molar-refractivity contribution is 5.78. The normalized spacial score (nSPS) is 32.6. The first kappa shape index (κ1) is 11.5. The standard InChI is InChI=1S/C11H22N2O/c1-3-6-13-11(14)10-5-4-9(12)7-8(10)2/h8-10H,3-7,12H2,1-2H3,(H,13,14). The average Bonchev–Trinajstić information content (AvgIpc) is 2.14. The largest absolute Gasteiger partial charge is 0.356 e. The van der Waals surface area contributed by atoms with Crippen LogP contribution in [0.25, 0.3) is 0 Å². The van der Waals surface area contributed by atoms with Gasteiger partial charge in [0.05, 0.1) is 0 Å². The number of carbonyl (C=O) groups is 1. The Morgan fingerprint density at radius 3 is 2.79 bits per heavy atom. The molecule has 3 unspecified atom stereocenters. The van der Waals surface area contributed by atoms with E-state index in [1.807, 2.05) is 0 Å². The molecule has 0 aromatic rings. The Kier molecular flexibility index (Phi) is 4.39. The number of nitrogens with one attached hydrogen (secondary N) is 1. The van der Waals surface area contributed by atoms with E-state index in [4.69, 9.17) is 5.73 Å². The highest BCUT2D eigenvalue weighted by Crippen LogP contribution is 2.28. The van der Waals surface area contributed by atoms with Gasteiger partial charge in [-0.1, -0.05) is 13.8 Å². The predicted molar refractivity (Wildman–Crippen MR) is 57.8 cm³/mol. The lowest BCUT2D eigenvalue weighted by atomic mass is 9.78. The van der Waals surface area contributed by atoms with Crippen molar-refractivity contribution in [1.29, 1.82) is 0 Å². The van der Waals surface area contributed by atoms with Crippen molar-refractivity contribution in [1.82, 2.24) is 5.32 Å². The van der Waals surface area contributed by atoms with Crippen LogP contribution in [-0.2, 0) is 4.79 Å². The van der Waals surface area contributed by atoms with Crippen molar-refractivity contribution in [3.63, 3.8) is 0 Å². The quantitative estimate of drug-likeness (QED) is 0.717. The molecule has 3 heteroatoms. The van der Waals surface area contributed by atoms with Crippen LogP contribution in [0.2, 0.25) is 0 Å². The van der Waals surface area contributed by atoms with E-state index in [9.17, 15) is 4.79 Å². The van der Waals surface area contributed by atoms with Gasteiger partial charge < -0.3 is 11.1 Å². The lowest BCUT2D eigenvalue weighted by molar-refractivity contribution is -0.127. The fourth-order valence-corrected chi connectivity index (χ4v) is 2.21. The summed E-state index contributed by atoms with van der Waals surface area (Å²) in [4.78, 5) is 11.7. The Morgan fingerprint density at radius 2 is 2.21 bits per heavy atom. The molecule has 1 aliphatic rings. The van der Waals surface area contributed by atoms with Gasteiger partial charge in [0.25, 0.3) is 0 Å². The summed E-state index contributed by atoms with van der Waals surface area (Å²) in [6, 6.07) is 0.306. The molecule has 0 aliphatic heterocycles. The number of nitrogens with two attached hydrogens (primary N) is 1. The first-order valence-corrected chi connectivity index (χ1v) is 5.68. The SMILES string of the molecule is CCCNC(=O)C1CCC(N)CC1C. The van der Waals surface area contributed by atoms with E-state index in [1.165, 1.54) is 0 Å². The summed E-state index contributed by atoms with van der Waals surface area (Å²) in [6.07, 6.45) is 3.95. The van der Waals surface area contributed by atoms with Crippen molar-refractivity contribution < 1.29 is 4.79 Å². The van der Waals surface area contributed by atoms with Crippen molar-refractivity contribution in [2.45, 2.75) is 45.6 Å². The molecule has 0 radical (unpaired) electrons. The average molecular weight is 198 g/mol. The van der Waals surface area contributed by atoms with Crippen molar-refractivity contribution in [2.75, 3.05) is 6.54 Å². The molecule has 82 valence electrons. The predicted octanol–water partition coefficient (Wildman–Crippen LogP) is 1.28. The van der Waals surface area contributed by atoms with E-state index in [0.29, 0.717) is 12.0 Å². The van der Waals surface area contributed by atoms with Gasteiger partial charge in [0.2, 0.25) is 5.91 Å². The summed E-state index contributed by atoms with van der Waals surface area (Å²) in [6.45, 7) is 5.00. The molecule has 1 saturated carbocycles. The van der Waals surface area contributed by atoms with Gasteiger partial charge in [0.15, 0.2) is 0 Å². The molecule has 3 N–H and O–H groups in total. The smallest absolute Gasteiger partial charge is 0.223 e. The molecular weight excluding hydrogens is 176 g/mol. The summed E-state index contributed by atoms with van der Waals surface area (Å²) in [5.74, 6) is 0.864. The zero-order chi connectivity index (χ0) is 10.6. The Labute approximate surface area is 86.4 Å². The van der Waals surface area contributed by atoms with Gasteiger partial charge in [-0.15, -0.1) is 0 Å². The summed E-state index contributed by atoms with van der Waals surface area (Å²) < 4.78 is 0. The summed E-state index contributed by atoms with van der Waals surface area (Å²) >= 11 is 0. The molecule has 0 aromatic heterocycles. The van der Waals surface area contributed by atoms with Crippen LogP contribution >= 0.6 is 0 Å². The van der Waals surface area contributed by atoms with Crippen LogP contribution in [0.5, 0.6) is 0 Å². The second-order valence-electron chi connectivity index (χ2n) is 4.45. The maximum absolute atomic E-state index is 11.7. The van der Waals surface area contributed by atoms with Crippen LogP contribution in [-0.4, -0.2) is 18.5 Å². The van der Waals surface area contributed by atoms with E-state index in [-0.39, 0.29) is 11.8 Å². The van der Waals surface area contributed by atoms with E-state index in [1.54, 1.807) is 0 Å². The molecule has 1 amide bonds. The summed E-state index contributed by atoms with van der Waals surface area (Å²) in [7, 11) is 0. The molecule has 0 saturated heterocycles.